The van der Waals surface area contributed by atoms with Crippen molar-refractivity contribution in [1.82, 2.24) is 9.55 Å². The van der Waals surface area contributed by atoms with Gasteiger partial charge in [0.25, 0.3) is 0 Å². The maximum Gasteiger partial charge on any atom is 0.244 e. The number of nitrogens with zero attached hydrogens (tertiary/aromatic N) is 2. The minimum atomic E-state index is -0.390. The molecule has 0 radical (unpaired) electrons. The summed E-state index contributed by atoms with van der Waals surface area (Å²) in [6.45, 7) is 5.84. The molecule has 6 heteroatoms. The zero-order valence-corrected chi connectivity index (χ0v) is 19.6. The van der Waals surface area contributed by atoms with Crippen molar-refractivity contribution in [2.75, 3.05) is 5.32 Å². The average molecular weight is 454 g/mol. The fraction of sp³-hybridized carbons (Fsp3) is 0.214. The molecule has 0 aliphatic rings. The molecule has 0 bridgehead atoms. The first-order chi connectivity index (χ1) is 16.4. The minimum Gasteiger partial charge on any atom is -0.325 e. The van der Waals surface area contributed by atoms with E-state index < -0.39 is 0 Å². The molecule has 172 valence electrons. The number of benzene rings is 2. The van der Waals surface area contributed by atoms with E-state index in [0.717, 1.165) is 18.4 Å². The molecule has 0 fully saturated rings. The van der Waals surface area contributed by atoms with Gasteiger partial charge in [0.15, 0.2) is 5.78 Å². The Morgan fingerprint density at radius 2 is 1.50 bits per heavy atom. The van der Waals surface area contributed by atoms with Crippen molar-refractivity contribution in [1.29, 1.82) is 0 Å². The molecule has 4 rings (SSSR count). The summed E-state index contributed by atoms with van der Waals surface area (Å²) in [5.41, 5.74) is 4.12. The van der Waals surface area contributed by atoms with E-state index in [-0.39, 0.29) is 29.2 Å². The Kier molecular flexibility index (Phi) is 6.68. The molecule has 0 saturated carbocycles. The van der Waals surface area contributed by atoms with Gasteiger partial charge < -0.3 is 9.88 Å². The zero-order valence-electron chi connectivity index (χ0n) is 19.6. The number of nitrogens with one attached hydrogen (secondary N) is 1. The van der Waals surface area contributed by atoms with Gasteiger partial charge in [0, 0.05) is 23.1 Å². The third-order valence-electron chi connectivity index (χ3n) is 5.89. The van der Waals surface area contributed by atoms with E-state index >= 15 is 0 Å². The number of carbonyl (C=O) groups is 2. The lowest BCUT2D eigenvalue weighted by atomic mass is 10.0. The molecule has 6 nitrogen and oxygen atoms in total. The number of aryl methyl sites for hydroxylation is 3. The lowest BCUT2D eigenvalue weighted by Gasteiger charge is -2.13. The Morgan fingerprint density at radius 1 is 0.882 bits per heavy atom. The Balaban J connectivity index is 1.71. The number of aromatic nitrogens is 2. The Bertz CT molecular complexity index is 1420. The first-order valence-corrected chi connectivity index (χ1v) is 11.4. The number of fused-ring (bicyclic) bond motifs is 1. The van der Waals surface area contributed by atoms with E-state index in [4.69, 9.17) is 0 Å². The predicted molar refractivity (Wildman–Crippen MR) is 134 cm³/mol. The molecule has 2 heterocycles. The van der Waals surface area contributed by atoms with Crippen LogP contribution >= 0.6 is 0 Å². The van der Waals surface area contributed by atoms with E-state index in [2.05, 4.69) is 17.2 Å². The standard InChI is InChI=1S/C28H27N3O3/c1-4-19-7-11-21(12-8-19)26(33)24-16-31(28-23(27(24)34)15-6-18(3)29-28)17-25(32)30-22-13-9-20(5-2)10-14-22/h6-16H,4-5,17H2,1-3H3,(H,30,32). The van der Waals surface area contributed by atoms with E-state index in [9.17, 15) is 14.4 Å². The molecule has 1 amide bonds. The first-order valence-electron chi connectivity index (χ1n) is 11.4. The fourth-order valence-electron chi connectivity index (χ4n) is 3.87. The second kappa shape index (κ2) is 9.83. The molecular formula is C28H27N3O3. The van der Waals surface area contributed by atoms with Gasteiger partial charge in [-0.1, -0.05) is 50.2 Å². The molecular weight excluding hydrogens is 426 g/mol. The van der Waals surface area contributed by atoms with Crippen molar-refractivity contribution >= 4 is 28.4 Å². The quantitative estimate of drug-likeness (QED) is 0.411. The van der Waals surface area contributed by atoms with Crippen LogP contribution in [-0.4, -0.2) is 21.2 Å². The number of rotatable bonds is 7. The average Bonchev–Trinajstić information content (AvgIpc) is 2.85. The molecule has 0 atom stereocenters. The van der Waals surface area contributed by atoms with Gasteiger partial charge in [-0.2, -0.15) is 0 Å². The van der Waals surface area contributed by atoms with Crippen molar-refractivity contribution in [2.45, 2.75) is 40.2 Å². The number of hydrogen-bond acceptors (Lipinski definition) is 4. The van der Waals surface area contributed by atoms with Crippen LogP contribution in [0.5, 0.6) is 0 Å². The zero-order chi connectivity index (χ0) is 24.2. The van der Waals surface area contributed by atoms with Crippen molar-refractivity contribution < 1.29 is 9.59 Å². The number of pyridine rings is 2. The summed E-state index contributed by atoms with van der Waals surface area (Å²) in [5.74, 6) is -0.650. The van der Waals surface area contributed by atoms with E-state index in [1.165, 1.54) is 11.8 Å². The maximum absolute atomic E-state index is 13.2. The van der Waals surface area contributed by atoms with Crippen LogP contribution in [0.1, 0.15) is 46.6 Å². The fourth-order valence-corrected chi connectivity index (χ4v) is 3.87. The van der Waals surface area contributed by atoms with E-state index in [0.29, 0.717) is 28.0 Å². The number of anilines is 1. The summed E-state index contributed by atoms with van der Waals surface area (Å²) in [4.78, 5) is 43.8. The van der Waals surface area contributed by atoms with Crippen molar-refractivity contribution in [2.24, 2.45) is 0 Å². The smallest absolute Gasteiger partial charge is 0.244 e. The highest BCUT2D eigenvalue weighted by Crippen LogP contribution is 2.16. The molecule has 0 aliphatic carbocycles. The van der Waals surface area contributed by atoms with Crippen LogP contribution in [0, 0.1) is 6.92 Å². The van der Waals surface area contributed by atoms with E-state index in [1.807, 2.05) is 50.2 Å². The molecule has 4 aromatic rings. The van der Waals surface area contributed by atoms with Crippen LogP contribution in [0.25, 0.3) is 11.0 Å². The Morgan fingerprint density at radius 3 is 2.12 bits per heavy atom. The van der Waals surface area contributed by atoms with Gasteiger partial charge in [-0.05, 0) is 55.2 Å². The molecule has 0 spiro atoms. The highest BCUT2D eigenvalue weighted by atomic mass is 16.2. The van der Waals surface area contributed by atoms with Crippen LogP contribution in [0.3, 0.4) is 0 Å². The molecule has 0 saturated heterocycles. The highest BCUT2D eigenvalue weighted by molar-refractivity contribution is 6.10. The van der Waals surface area contributed by atoms with Gasteiger partial charge in [-0.15, -0.1) is 0 Å². The lowest BCUT2D eigenvalue weighted by Crippen LogP contribution is -2.25. The lowest BCUT2D eigenvalue weighted by molar-refractivity contribution is -0.116. The van der Waals surface area contributed by atoms with Crippen LogP contribution < -0.4 is 10.7 Å². The van der Waals surface area contributed by atoms with Crippen LogP contribution in [0.4, 0.5) is 5.69 Å². The summed E-state index contributed by atoms with van der Waals surface area (Å²) in [5, 5.41) is 3.19. The normalized spacial score (nSPS) is 10.9. The summed E-state index contributed by atoms with van der Waals surface area (Å²) >= 11 is 0. The summed E-state index contributed by atoms with van der Waals surface area (Å²) < 4.78 is 1.58. The minimum absolute atomic E-state index is 0.0162. The van der Waals surface area contributed by atoms with Gasteiger partial charge in [0.2, 0.25) is 11.3 Å². The van der Waals surface area contributed by atoms with Crippen LogP contribution in [0.2, 0.25) is 0 Å². The number of amides is 1. The molecule has 2 aromatic carbocycles. The number of carbonyl (C=O) groups excluding carboxylic acids is 2. The Hall–Kier alpha value is -4.06. The van der Waals surface area contributed by atoms with Gasteiger partial charge in [-0.3, -0.25) is 14.4 Å². The third kappa shape index (κ3) is 4.81. The molecule has 2 aromatic heterocycles. The van der Waals surface area contributed by atoms with Gasteiger partial charge in [0.05, 0.1) is 10.9 Å². The van der Waals surface area contributed by atoms with Crippen molar-refractivity contribution in [3.63, 3.8) is 0 Å². The summed E-state index contributed by atoms with van der Waals surface area (Å²) in [6, 6.07) is 18.3. The summed E-state index contributed by atoms with van der Waals surface area (Å²) in [7, 11) is 0. The topological polar surface area (TPSA) is 81.1 Å². The second-order valence-corrected chi connectivity index (χ2v) is 8.30. The Labute approximate surface area is 198 Å². The molecule has 1 N–H and O–H groups in total. The van der Waals surface area contributed by atoms with Crippen molar-refractivity contribution in [3.8, 4) is 0 Å². The first kappa shape index (κ1) is 23.1. The van der Waals surface area contributed by atoms with Gasteiger partial charge in [-0.25, -0.2) is 4.98 Å². The van der Waals surface area contributed by atoms with Gasteiger partial charge >= 0.3 is 0 Å². The predicted octanol–water partition coefficient (Wildman–Crippen LogP) is 4.70. The third-order valence-corrected chi connectivity index (χ3v) is 5.89. The number of ketones is 1. The van der Waals surface area contributed by atoms with Crippen molar-refractivity contribution in [3.05, 3.63) is 105 Å². The van der Waals surface area contributed by atoms with Gasteiger partial charge in [0.1, 0.15) is 12.2 Å². The number of hydrogen-bond donors (Lipinski definition) is 1. The maximum atomic E-state index is 13.2. The SMILES string of the molecule is CCc1ccc(NC(=O)Cn2cc(C(=O)c3ccc(CC)cc3)c(=O)c3ccc(C)nc32)cc1. The highest BCUT2D eigenvalue weighted by Gasteiger charge is 2.19. The molecule has 0 unspecified atom stereocenters. The van der Waals surface area contributed by atoms with Crippen LogP contribution in [-0.2, 0) is 24.2 Å². The van der Waals surface area contributed by atoms with E-state index in [1.54, 1.807) is 28.8 Å². The van der Waals surface area contributed by atoms with Crippen LogP contribution in [0.15, 0.2) is 71.7 Å². The molecule has 0 aliphatic heterocycles. The summed E-state index contributed by atoms with van der Waals surface area (Å²) in [6.07, 6.45) is 3.23. The monoisotopic (exact) mass is 453 g/mol. The largest absolute Gasteiger partial charge is 0.325 e. The second-order valence-electron chi connectivity index (χ2n) is 8.30. The molecule has 34 heavy (non-hydrogen) atoms.